The maximum atomic E-state index is 13.7. The smallest absolute Gasteiger partial charge is 0.249 e. The van der Waals surface area contributed by atoms with Crippen molar-refractivity contribution in [3.63, 3.8) is 0 Å². The second kappa shape index (κ2) is 6.45. The summed E-state index contributed by atoms with van der Waals surface area (Å²) in [6, 6.07) is 10.5. The maximum Gasteiger partial charge on any atom is 0.249 e. The number of hydrazone groups is 1. The van der Waals surface area contributed by atoms with E-state index in [1.165, 1.54) is 17.1 Å². The fourth-order valence-electron chi connectivity index (χ4n) is 5.86. The average molecular weight is 431 g/mol. The Balaban J connectivity index is 1.16. The van der Waals surface area contributed by atoms with Crippen molar-refractivity contribution in [2.24, 2.45) is 15.9 Å². The van der Waals surface area contributed by atoms with Crippen LogP contribution in [0.25, 0.3) is 10.9 Å². The zero-order chi connectivity index (χ0) is 22.1. The lowest BCUT2D eigenvalue weighted by atomic mass is 9.34. The second-order valence-corrected chi connectivity index (χ2v) is 9.42. The van der Waals surface area contributed by atoms with Crippen molar-refractivity contribution >= 4 is 23.0 Å². The highest BCUT2D eigenvalue weighted by atomic mass is 19.1. The summed E-state index contributed by atoms with van der Waals surface area (Å²) in [5.74, 6) is -1.37. The predicted octanol–water partition coefficient (Wildman–Crippen LogP) is 4.32. The van der Waals surface area contributed by atoms with E-state index in [2.05, 4.69) is 16.3 Å². The third-order valence-electron chi connectivity index (χ3n) is 7.08. The van der Waals surface area contributed by atoms with Gasteiger partial charge >= 0.3 is 0 Å². The lowest BCUT2D eigenvalue weighted by Gasteiger charge is -2.69. The van der Waals surface area contributed by atoms with E-state index < -0.39 is 23.1 Å². The highest BCUT2D eigenvalue weighted by Gasteiger charge is 2.72. The van der Waals surface area contributed by atoms with Crippen LogP contribution in [-0.4, -0.2) is 26.9 Å². The van der Waals surface area contributed by atoms with Crippen molar-refractivity contribution in [2.45, 2.75) is 38.3 Å². The van der Waals surface area contributed by atoms with Crippen molar-refractivity contribution in [3.05, 3.63) is 65.4 Å². The quantitative estimate of drug-likeness (QED) is 0.618. The van der Waals surface area contributed by atoms with Crippen molar-refractivity contribution in [2.75, 3.05) is 0 Å². The number of halogens is 2. The molecule has 3 aromatic rings. The molecule has 1 unspecified atom stereocenters. The highest BCUT2D eigenvalue weighted by molar-refractivity contribution is 5.88. The first-order valence-corrected chi connectivity index (χ1v) is 10.6. The van der Waals surface area contributed by atoms with Gasteiger partial charge in [0.1, 0.15) is 11.6 Å². The number of carbonyl (C=O) groups excluding carboxylic acids is 1. The van der Waals surface area contributed by atoms with Crippen LogP contribution in [0.1, 0.15) is 42.9 Å². The van der Waals surface area contributed by atoms with E-state index >= 15 is 0 Å². The molecule has 3 fully saturated rings. The number of hydrogen-bond acceptors (Lipinski definition) is 4. The van der Waals surface area contributed by atoms with Crippen LogP contribution in [0.3, 0.4) is 0 Å². The number of nitrogens with zero attached hydrogens (tertiary/aromatic N) is 5. The van der Waals surface area contributed by atoms with Crippen molar-refractivity contribution in [1.82, 2.24) is 14.8 Å². The minimum absolute atomic E-state index is 0.0413. The number of aromatic nitrogens is 2. The van der Waals surface area contributed by atoms with Gasteiger partial charge in [0.15, 0.2) is 0 Å². The van der Waals surface area contributed by atoms with E-state index in [1.54, 1.807) is 12.3 Å². The number of amides is 1. The first-order valence-electron chi connectivity index (χ1n) is 10.6. The SMILES string of the molecule is N#Cc1ccc2nn(CC34CC(C(=O)N5N=CCC5c5cc(F)cc(F)c5)(C3)C4)cc2c1. The minimum Gasteiger partial charge on any atom is -0.272 e. The van der Waals surface area contributed by atoms with Gasteiger partial charge < -0.3 is 0 Å². The van der Waals surface area contributed by atoms with Crippen LogP contribution >= 0.6 is 0 Å². The molecule has 32 heavy (non-hydrogen) atoms. The molecule has 0 radical (unpaired) electrons. The molecule has 3 aliphatic carbocycles. The molecule has 8 heteroatoms. The number of carbonyl (C=O) groups is 1. The summed E-state index contributed by atoms with van der Waals surface area (Å²) < 4.78 is 29.3. The normalized spacial score (nSPS) is 27.8. The molecule has 1 atom stereocenters. The number of rotatable bonds is 4. The Morgan fingerprint density at radius 1 is 1.16 bits per heavy atom. The molecule has 160 valence electrons. The molecule has 3 saturated carbocycles. The zero-order valence-corrected chi connectivity index (χ0v) is 17.1. The van der Waals surface area contributed by atoms with E-state index in [9.17, 15) is 13.6 Å². The van der Waals surface area contributed by atoms with Crippen LogP contribution in [0.15, 0.2) is 47.7 Å². The first-order chi connectivity index (χ1) is 15.4. The van der Waals surface area contributed by atoms with Gasteiger partial charge in [0, 0.05) is 36.8 Å². The van der Waals surface area contributed by atoms with Gasteiger partial charge in [-0.05, 0) is 60.6 Å². The Morgan fingerprint density at radius 2 is 1.91 bits per heavy atom. The molecule has 6 nitrogen and oxygen atoms in total. The Kier molecular flexibility index (Phi) is 3.85. The predicted molar refractivity (Wildman–Crippen MR) is 112 cm³/mol. The van der Waals surface area contributed by atoms with Gasteiger partial charge in [-0.15, -0.1) is 0 Å². The summed E-state index contributed by atoms with van der Waals surface area (Å²) in [7, 11) is 0. The van der Waals surface area contributed by atoms with Crippen LogP contribution < -0.4 is 0 Å². The van der Waals surface area contributed by atoms with Crippen LogP contribution in [0.2, 0.25) is 0 Å². The van der Waals surface area contributed by atoms with Gasteiger partial charge in [-0.1, -0.05) is 0 Å². The van der Waals surface area contributed by atoms with E-state index in [-0.39, 0.29) is 11.3 Å². The fourth-order valence-corrected chi connectivity index (χ4v) is 5.86. The van der Waals surface area contributed by atoms with E-state index in [1.807, 2.05) is 23.0 Å². The Hall–Kier alpha value is -3.60. The molecule has 0 N–H and O–H groups in total. The third kappa shape index (κ3) is 2.77. The largest absolute Gasteiger partial charge is 0.272 e. The summed E-state index contributed by atoms with van der Waals surface area (Å²) in [5, 5.41) is 20.3. The van der Waals surface area contributed by atoms with Crippen molar-refractivity contribution in [3.8, 4) is 6.07 Å². The molecule has 2 aromatic carbocycles. The summed E-state index contributed by atoms with van der Waals surface area (Å²) in [6.07, 6.45) is 6.31. The lowest BCUT2D eigenvalue weighted by molar-refractivity contribution is -0.223. The molecule has 1 aromatic heterocycles. The van der Waals surface area contributed by atoms with E-state index in [0.29, 0.717) is 17.5 Å². The highest BCUT2D eigenvalue weighted by Crippen LogP contribution is 2.74. The Bertz CT molecular complexity index is 1310. The van der Waals surface area contributed by atoms with Gasteiger partial charge in [0.25, 0.3) is 0 Å². The Labute approximate surface area is 182 Å². The molecule has 0 spiro atoms. The van der Waals surface area contributed by atoms with Crippen LogP contribution in [0, 0.1) is 33.8 Å². The molecule has 2 bridgehead atoms. The van der Waals surface area contributed by atoms with E-state index in [0.717, 1.165) is 42.8 Å². The number of benzene rings is 2. The molecule has 4 aliphatic rings. The average Bonchev–Trinajstić information content (AvgIpc) is 3.34. The van der Waals surface area contributed by atoms with E-state index in [4.69, 9.17) is 5.26 Å². The van der Waals surface area contributed by atoms with Crippen molar-refractivity contribution < 1.29 is 13.6 Å². The number of hydrogen-bond donors (Lipinski definition) is 0. The third-order valence-corrected chi connectivity index (χ3v) is 7.08. The Morgan fingerprint density at radius 3 is 2.62 bits per heavy atom. The fraction of sp³-hybridized carbons (Fsp3) is 0.333. The summed E-state index contributed by atoms with van der Waals surface area (Å²) >= 11 is 0. The number of fused-ring (bicyclic) bond motifs is 1. The number of nitriles is 1. The van der Waals surface area contributed by atoms with Crippen molar-refractivity contribution in [1.29, 1.82) is 5.26 Å². The molecule has 7 rings (SSSR count). The minimum atomic E-state index is -0.655. The summed E-state index contributed by atoms with van der Waals surface area (Å²) in [5.41, 5.74) is 1.48. The molecule has 1 aliphatic heterocycles. The van der Waals surface area contributed by atoms with Gasteiger partial charge in [-0.2, -0.15) is 15.5 Å². The topological polar surface area (TPSA) is 74.3 Å². The lowest BCUT2D eigenvalue weighted by Crippen LogP contribution is -2.68. The monoisotopic (exact) mass is 431 g/mol. The zero-order valence-electron chi connectivity index (χ0n) is 17.1. The molecule has 1 amide bonds. The maximum absolute atomic E-state index is 13.7. The standard InChI is InChI=1S/C24H19F2N5O/c25-18-6-16(7-19(26)8-18)21-3-4-28-31(21)22(32)24-11-23(12-24,13-24)14-30-10-17-5-15(9-27)1-2-20(17)29-30/h1-2,4-8,10,21H,3,11-14H2. The second-order valence-electron chi connectivity index (χ2n) is 9.42. The van der Waals surface area contributed by atoms with Crippen LogP contribution in [0.4, 0.5) is 8.78 Å². The summed E-state index contributed by atoms with van der Waals surface area (Å²) in [4.78, 5) is 13.3. The van der Waals surface area contributed by atoms with Gasteiger partial charge in [0.05, 0.1) is 28.6 Å². The molecular weight excluding hydrogens is 412 g/mol. The summed E-state index contributed by atoms with van der Waals surface area (Å²) in [6.45, 7) is 0.723. The molecule has 2 heterocycles. The van der Waals surface area contributed by atoms with Gasteiger partial charge in [0.2, 0.25) is 5.91 Å². The van der Waals surface area contributed by atoms with Gasteiger partial charge in [-0.3, -0.25) is 9.48 Å². The molecular formula is C24H19F2N5O. The van der Waals surface area contributed by atoms with Crippen LogP contribution in [0.5, 0.6) is 0 Å². The van der Waals surface area contributed by atoms with Crippen LogP contribution in [-0.2, 0) is 11.3 Å². The first kappa shape index (κ1) is 19.1. The molecule has 0 saturated heterocycles. The van der Waals surface area contributed by atoms with Gasteiger partial charge in [-0.25, -0.2) is 13.8 Å².